The van der Waals surface area contributed by atoms with Crippen molar-refractivity contribution >= 4 is 11.5 Å². The predicted molar refractivity (Wildman–Crippen MR) is 73.1 cm³/mol. The Labute approximate surface area is 110 Å². The SMILES string of the molecule is CNc1ncnc(-c2cccc(C)c2C)c1[N+](=O)[O-]. The summed E-state index contributed by atoms with van der Waals surface area (Å²) in [7, 11) is 1.60. The summed E-state index contributed by atoms with van der Waals surface area (Å²) in [6.07, 6.45) is 1.33. The quantitative estimate of drug-likeness (QED) is 0.676. The van der Waals surface area contributed by atoms with E-state index in [4.69, 9.17) is 0 Å². The monoisotopic (exact) mass is 258 g/mol. The molecule has 0 spiro atoms. The molecule has 0 aliphatic carbocycles. The smallest absolute Gasteiger partial charge is 0.337 e. The lowest BCUT2D eigenvalue weighted by atomic mass is 10.00. The fourth-order valence-electron chi connectivity index (χ4n) is 1.94. The van der Waals surface area contributed by atoms with Crippen molar-refractivity contribution in [2.45, 2.75) is 13.8 Å². The summed E-state index contributed by atoms with van der Waals surface area (Å²) in [5.74, 6) is 0.218. The van der Waals surface area contributed by atoms with Gasteiger partial charge >= 0.3 is 5.69 Å². The molecule has 0 atom stereocenters. The highest BCUT2D eigenvalue weighted by Crippen LogP contribution is 2.34. The number of hydrogen-bond donors (Lipinski definition) is 1. The molecule has 0 bridgehead atoms. The second-order valence-electron chi connectivity index (χ2n) is 4.17. The van der Waals surface area contributed by atoms with Gasteiger partial charge < -0.3 is 5.32 Å². The van der Waals surface area contributed by atoms with Gasteiger partial charge in [-0.3, -0.25) is 10.1 Å². The summed E-state index contributed by atoms with van der Waals surface area (Å²) in [5, 5.41) is 14.0. The van der Waals surface area contributed by atoms with E-state index in [1.165, 1.54) is 6.33 Å². The lowest BCUT2D eigenvalue weighted by Crippen LogP contribution is -2.03. The van der Waals surface area contributed by atoms with Gasteiger partial charge in [-0.05, 0) is 25.0 Å². The summed E-state index contributed by atoms with van der Waals surface area (Å²) in [5.41, 5.74) is 3.04. The molecule has 0 fully saturated rings. The van der Waals surface area contributed by atoms with Gasteiger partial charge in [0.25, 0.3) is 0 Å². The van der Waals surface area contributed by atoms with Crippen molar-refractivity contribution in [3.63, 3.8) is 0 Å². The van der Waals surface area contributed by atoms with Crippen LogP contribution in [0.15, 0.2) is 24.5 Å². The number of nitro groups is 1. The number of nitrogens with zero attached hydrogens (tertiary/aromatic N) is 3. The van der Waals surface area contributed by atoms with Crippen LogP contribution >= 0.6 is 0 Å². The third kappa shape index (κ3) is 2.24. The van der Waals surface area contributed by atoms with Crippen LogP contribution in [0.5, 0.6) is 0 Å². The van der Waals surface area contributed by atoms with E-state index in [0.29, 0.717) is 5.69 Å². The second-order valence-corrected chi connectivity index (χ2v) is 4.17. The van der Waals surface area contributed by atoms with Gasteiger partial charge in [-0.15, -0.1) is 0 Å². The number of rotatable bonds is 3. The molecule has 19 heavy (non-hydrogen) atoms. The Morgan fingerprint density at radius 1 is 1.26 bits per heavy atom. The zero-order chi connectivity index (χ0) is 14.0. The van der Waals surface area contributed by atoms with Gasteiger partial charge in [0.1, 0.15) is 6.33 Å². The summed E-state index contributed by atoms with van der Waals surface area (Å²) < 4.78 is 0. The summed E-state index contributed by atoms with van der Waals surface area (Å²) >= 11 is 0. The number of aryl methyl sites for hydroxylation is 1. The maximum atomic E-state index is 11.3. The molecule has 6 heteroatoms. The average molecular weight is 258 g/mol. The minimum Gasteiger partial charge on any atom is -0.367 e. The van der Waals surface area contributed by atoms with E-state index >= 15 is 0 Å². The average Bonchev–Trinajstić information content (AvgIpc) is 2.40. The van der Waals surface area contributed by atoms with Crippen molar-refractivity contribution < 1.29 is 4.92 Å². The third-order valence-electron chi connectivity index (χ3n) is 3.10. The highest BCUT2D eigenvalue weighted by molar-refractivity contribution is 5.78. The van der Waals surface area contributed by atoms with Crippen molar-refractivity contribution in [2.75, 3.05) is 12.4 Å². The van der Waals surface area contributed by atoms with Gasteiger partial charge in [-0.25, -0.2) is 9.97 Å². The zero-order valence-electron chi connectivity index (χ0n) is 11.0. The van der Waals surface area contributed by atoms with E-state index in [1.807, 2.05) is 32.0 Å². The van der Waals surface area contributed by atoms with Crippen LogP contribution in [0.25, 0.3) is 11.3 Å². The first kappa shape index (κ1) is 12.9. The Balaban J connectivity index is 2.75. The number of nitrogens with one attached hydrogen (secondary N) is 1. The molecule has 98 valence electrons. The van der Waals surface area contributed by atoms with E-state index in [0.717, 1.165) is 16.7 Å². The van der Waals surface area contributed by atoms with Crippen molar-refractivity contribution in [3.05, 3.63) is 45.8 Å². The molecule has 0 amide bonds. The highest BCUT2D eigenvalue weighted by atomic mass is 16.6. The Morgan fingerprint density at radius 2 is 2.00 bits per heavy atom. The Morgan fingerprint density at radius 3 is 2.63 bits per heavy atom. The highest BCUT2D eigenvalue weighted by Gasteiger charge is 2.24. The standard InChI is InChI=1S/C13H14N4O2/c1-8-5-4-6-10(9(8)2)11-12(17(18)19)13(14-3)16-7-15-11/h4-7H,1-3H3,(H,14,15,16). The molecular weight excluding hydrogens is 244 g/mol. The molecule has 1 N–H and O–H groups in total. The first-order chi connectivity index (χ1) is 9.06. The van der Waals surface area contributed by atoms with Crippen molar-refractivity contribution in [1.82, 2.24) is 9.97 Å². The Bertz CT molecular complexity index is 641. The van der Waals surface area contributed by atoms with Gasteiger partial charge in [-0.1, -0.05) is 18.2 Å². The van der Waals surface area contributed by atoms with Crippen LogP contribution in [0, 0.1) is 24.0 Å². The van der Waals surface area contributed by atoms with Crippen LogP contribution in [-0.2, 0) is 0 Å². The molecule has 0 saturated heterocycles. The fraction of sp³-hybridized carbons (Fsp3) is 0.231. The molecule has 1 aromatic heterocycles. The molecule has 2 rings (SSSR count). The molecule has 0 aliphatic rings. The van der Waals surface area contributed by atoms with E-state index in [2.05, 4.69) is 15.3 Å². The Hall–Kier alpha value is -2.50. The largest absolute Gasteiger partial charge is 0.367 e. The maximum absolute atomic E-state index is 11.3. The first-order valence-electron chi connectivity index (χ1n) is 5.80. The molecule has 1 heterocycles. The van der Waals surface area contributed by atoms with Gasteiger partial charge in [0.2, 0.25) is 5.82 Å². The van der Waals surface area contributed by atoms with Crippen molar-refractivity contribution in [1.29, 1.82) is 0 Å². The van der Waals surface area contributed by atoms with Gasteiger partial charge in [0.15, 0.2) is 5.69 Å². The minimum absolute atomic E-state index is 0.0984. The third-order valence-corrected chi connectivity index (χ3v) is 3.10. The van der Waals surface area contributed by atoms with Crippen LogP contribution in [-0.4, -0.2) is 21.9 Å². The van der Waals surface area contributed by atoms with Crippen LogP contribution < -0.4 is 5.32 Å². The Kier molecular flexibility index (Phi) is 3.41. The molecule has 2 aromatic rings. The maximum Gasteiger partial charge on any atom is 0.337 e. The van der Waals surface area contributed by atoms with Gasteiger partial charge in [-0.2, -0.15) is 0 Å². The second kappa shape index (κ2) is 5.01. The first-order valence-corrected chi connectivity index (χ1v) is 5.80. The van der Waals surface area contributed by atoms with E-state index in [1.54, 1.807) is 7.05 Å². The number of hydrogen-bond acceptors (Lipinski definition) is 5. The number of benzene rings is 1. The molecule has 0 radical (unpaired) electrons. The minimum atomic E-state index is -0.455. The van der Waals surface area contributed by atoms with Crippen LogP contribution in [0.4, 0.5) is 11.5 Å². The van der Waals surface area contributed by atoms with Crippen molar-refractivity contribution in [2.24, 2.45) is 0 Å². The van der Waals surface area contributed by atoms with Gasteiger partial charge in [0, 0.05) is 12.6 Å². The fourth-order valence-corrected chi connectivity index (χ4v) is 1.94. The topological polar surface area (TPSA) is 81.0 Å². The van der Waals surface area contributed by atoms with Crippen LogP contribution in [0.3, 0.4) is 0 Å². The molecular formula is C13H14N4O2. The molecule has 0 unspecified atom stereocenters. The lowest BCUT2D eigenvalue weighted by molar-refractivity contribution is -0.383. The van der Waals surface area contributed by atoms with E-state index in [-0.39, 0.29) is 11.5 Å². The van der Waals surface area contributed by atoms with E-state index < -0.39 is 4.92 Å². The zero-order valence-corrected chi connectivity index (χ0v) is 11.0. The lowest BCUT2D eigenvalue weighted by Gasteiger charge is -2.09. The van der Waals surface area contributed by atoms with Gasteiger partial charge in [0.05, 0.1) is 4.92 Å². The molecule has 6 nitrogen and oxygen atoms in total. The normalized spacial score (nSPS) is 10.3. The van der Waals surface area contributed by atoms with E-state index in [9.17, 15) is 10.1 Å². The molecule has 0 aliphatic heterocycles. The van der Waals surface area contributed by atoms with Crippen molar-refractivity contribution in [3.8, 4) is 11.3 Å². The summed E-state index contributed by atoms with van der Waals surface area (Å²) in [6.45, 7) is 3.89. The predicted octanol–water partition coefficient (Wildman–Crippen LogP) is 2.71. The molecule has 0 saturated carbocycles. The number of anilines is 1. The number of aromatic nitrogens is 2. The molecule has 1 aromatic carbocycles. The van der Waals surface area contributed by atoms with Crippen LogP contribution in [0.2, 0.25) is 0 Å². The summed E-state index contributed by atoms with van der Waals surface area (Å²) in [6, 6.07) is 5.66. The summed E-state index contributed by atoms with van der Waals surface area (Å²) in [4.78, 5) is 18.8. The van der Waals surface area contributed by atoms with Crippen LogP contribution in [0.1, 0.15) is 11.1 Å².